The number of fused-ring (bicyclic) bond motifs is 8. The Kier molecular flexibility index (Phi) is 25.7. The Hall–Kier alpha value is -7.13. The number of aryl methyl sites for hydroxylation is 4. The Morgan fingerprint density at radius 3 is 0.585 bits per heavy atom. The fourth-order valence-electron chi connectivity index (χ4n) is 12.8. The normalized spacial score (nSPS) is 10.7. The quantitative estimate of drug-likeness (QED) is 0.105. The van der Waals surface area contributed by atoms with Crippen molar-refractivity contribution in [3.05, 3.63) is 313 Å². The third-order valence-corrected chi connectivity index (χ3v) is 17.2. The molecule has 0 amide bonds. The van der Waals surface area contributed by atoms with Gasteiger partial charge in [-0.3, -0.25) is 0 Å². The topological polar surface area (TPSA) is 0 Å². The second-order valence-electron chi connectivity index (χ2n) is 24.2. The van der Waals surface area contributed by atoms with Crippen LogP contribution in [0.3, 0.4) is 0 Å². The number of halogens is 2. The molecule has 6 heteroatoms. The fourth-order valence-corrected chi connectivity index (χ4v) is 12.8. The summed E-state index contributed by atoms with van der Waals surface area (Å²) in [6, 6.07) is 106. The molecule has 0 spiro atoms. The smallest absolute Gasteiger partial charge is 1.00 e. The second kappa shape index (κ2) is 34.0. The third kappa shape index (κ3) is 16.7. The molecule has 0 heterocycles. The number of hydrogen-bond donors (Lipinski definition) is 0. The van der Waals surface area contributed by atoms with Crippen molar-refractivity contribution in [2.75, 3.05) is 0 Å². The first-order chi connectivity index (χ1) is 44.9. The molecule has 0 saturated heterocycles. The molecule has 16 aromatic rings. The van der Waals surface area contributed by atoms with Crippen LogP contribution in [-0.2, 0) is 71.7 Å². The summed E-state index contributed by atoms with van der Waals surface area (Å²) in [7, 11) is 0. The number of rotatable bonds is 8. The molecule has 0 nitrogen and oxygen atoms in total. The van der Waals surface area contributed by atoms with Gasteiger partial charge >= 0.3 is 83.2 Å². The molecule has 16 rings (SSSR count). The molecule has 0 aliphatic rings. The van der Waals surface area contributed by atoms with Gasteiger partial charge in [-0.05, 0) is 91.0 Å². The van der Waals surface area contributed by atoms with E-state index in [-0.39, 0.29) is 35.8 Å². The predicted octanol–water partition coefficient (Wildman–Crippen LogP) is 19.3. The monoisotopic (exact) mass is 1620 g/mol. The largest absolute Gasteiger partial charge is 1.00 e. The first-order valence-electron chi connectivity index (χ1n) is 32.6. The molecule has 0 aromatic heterocycles. The van der Waals surface area contributed by atoms with Crippen LogP contribution in [-0.4, -0.2) is 11.0 Å². The van der Waals surface area contributed by atoms with Gasteiger partial charge in [-0.15, -0.1) is 138 Å². The maximum absolute atomic E-state index is 2.34. The Labute approximate surface area is 599 Å². The molecule has 0 radical (unpaired) electrons. The predicted molar refractivity (Wildman–Crippen MR) is 402 cm³/mol. The molecule has 0 atom stereocenters. The maximum atomic E-state index is 2.34. The number of hydrogen-bond acceptors (Lipinski definition) is 0. The summed E-state index contributed by atoms with van der Waals surface area (Å²) < 4.78 is 0. The van der Waals surface area contributed by atoms with Gasteiger partial charge in [0.15, 0.2) is 0 Å². The third-order valence-electron chi connectivity index (χ3n) is 17.2. The van der Waals surface area contributed by atoms with Gasteiger partial charge in [0, 0.05) is 0 Å². The fraction of sp³-hybridized carbons (Fsp3) is 0.136. The van der Waals surface area contributed by atoms with Gasteiger partial charge in [-0.25, -0.2) is 0 Å². The van der Waals surface area contributed by atoms with E-state index in [2.05, 4.69) is 345 Å². The van der Waals surface area contributed by atoms with Crippen LogP contribution in [0.25, 0.3) is 131 Å². The van der Waals surface area contributed by atoms with Crippen LogP contribution in [0.15, 0.2) is 291 Å². The Bertz CT molecular complexity index is 4560. The zero-order chi connectivity index (χ0) is 64.1. The van der Waals surface area contributed by atoms with Gasteiger partial charge in [-0.1, -0.05) is 244 Å². The van der Waals surface area contributed by atoms with E-state index in [1.165, 1.54) is 199 Å². The Morgan fingerprint density at radius 1 is 0.234 bits per heavy atom. The van der Waals surface area contributed by atoms with E-state index in [9.17, 15) is 0 Å². The van der Waals surface area contributed by atoms with Crippen molar-refractivity contribution >= 4 is 97.2 Å². The molecular formula is C88H80Cl2Hf2Si2-2. The van der Waals surface area contributed by atoms with Crippen molar-refractivity contribution in [1.82, 2.24) is 0 Å². The summed E-state index contributed by atoms with van der Waals surface area (Å²) in [5.74, 6) is 0. The molecule has 464 valence electrons. The van der Waals surface area contributed by atoms with Crippen molar-refractivity contribution < 1.29 is 70.8 Å². The van der Waals surface area contributed by atoms with Crippen molar-refractivity contribution in [2.24, 2.45) is 0 Å². The van der Waals surface area contributed by atoms with E-state index in [0.717, 1.165) is 25.7 Å². The minimum absolute atomic E-state index is 0. The van der Waals surface area contributed by atoms with Crippen LogP contribution < -0.4 is 24.8 Å². The van der Waals surface area contributed by atoms with Gasteiger partial charge in [0.1, 0.15) is 0 Å². The second-order valence-corrected chi connectivity index (χ2v) is 49.8. The summed E-state index contributed by atoms with van der Waals surface area (Å²) in [5, 5.41) is 21.3. The summed E-state index contributed by atoms with van der Waals surface area (Å²) in [4.78, 5) is 0. The SMILES string of the molecule is CCc1cc2c(-c3cccc4ccccc34)cccc2[cH-]1.CCc1cc2c(-c3cccc4ccccc34)cccc2[cH-]1.CCc1cc2c(-c3cccc4ccccc34)cccc2[cH-]1.CCc1cc2c(-c3cccc4ccccc34)cccc2[cH-]1.C[Si](C)=[Hf+2].C[Si](C)=[Hf+2].[Cl-].[Cl-]. The summed E-state index contributed by atoms with van der Waals surface area (Å²) >= 11 is 2.90. The summed E-state index contributed by atoms with van der Waals surface area (Å²) in [6.45, 7) is 18.2. The maximum Gasteiger partial charge on any atom is -1.00 e. The van der Waals surface area contributed by atoms with Crippen LogP contribution in [0.5, 0.6) is 0 Å². The number of benzene rings is 12. The van der Waals surface area contributed by atoms with Crippen LogP contribution in [0.4, 0.5) is 0 Å². The van der Waals surface area contributed by atoms with Crippen molar-refractivity contribution in [3.8, 4) is 44.5 Å². The van der Waals surface area contributed by atoms with Crippen LogP contribution in [0, 0.1) is 0 Å². The zero-order valence-corrected chi connectivity index (χ0v) is 66.0. The standard InChI is InChI=1S/4C21H17.2C2H6Si.2ClH.2Hf/c4*1-2-15-13-17-9-6-12-20(21(17)14-15)19-11-5-8-16-7-3-4-10-18(16)19;2*1-3-2;;;;/h4*3-14H,2H2,1H3;2*1-2H3;2*1H;;/q4*-1;;;;;2*+2/p-2. The first kappa shape index (κ1) is 71.2. The molecular weight excluding hydrogens is 1540 g/mol. The molecule has 0 unspecified atom stereocenters. The van der Waals surface area contributed by atoms with Gasteiger partial charge in [0.2, 0.25) is 0 Å². The molecule has 94 heavy (non-hydrogen) atoms. The van der Waals surface area contributed by atoms with Crippen molar-refractivity contribution in [2.45, 2.75) is 79.6 Å². The Morgan fingerprint density at radius 2 is 0.394 bits per heavy atom. The van der Waals surface area contributed by atoms with Crippen LogP contribution in [0.1, 0.15) is 49.9 Å². The van der Waals surface area contributed by atoms with Crippen molar-refractivity contribution in [1.29, 1.82) is 0 Å². The molecule has 0 fully saturated rings. The minimum Gasteiger partial charge on any atom is -1.00 e. The van der Waals surface area contributed by atoms with E-state index in [1.807, 2.05) is 0 Å². The molecule has 0 N–H and O–H groups in total. The zero-order valence-electron chi connectivity index (χ0n) is 55.3. The van der Waals surface area contributed by atoms with E-state index >= 15 is 0 Å². The minimum atomic E-state index is 0. The Balaban J connectivity index is 0.000000141. The molecule has 0 saturated carbocycles. The molecule has 0 bridgehead atoms. The van der Waals surface area contributed by atoms with Crippen LogP contribution in [0.2, 0.25) is 26.2 Å². The van der Waals surface area contributed by atoms with Gasteiger partial charge < -0.3 is 24.8 Å². The molecule has 0 aliphatic heterocycles. The van der Waals surface area contributed by atoms with Crippen LogP contribution >= 0.6 is 0 Å². The first-order valence-corrected chi connectivity index (χ1v) is 48.4. The average molecular weight is 1620 g/mol. The van der Waals surface area contributed by atoms with E-state index < -0.39 is 0 Å². The van der Waals surface area contributed by atoms with E-state index in [1.54, 1.807) is 0 Å². The molecule has 16 aromatic carbocycles. The van der Waals surface area contributed by atoms with Gasteiger partial charge in [0.05, 0.1) is 0 Å². The van der Waals surface area contributed by atoms with E-state index in [0.29, 0.717) is 0 Å². The average Bonchev–Trinajstić information content (AvgIpc) is 1.96. The summed E-state index contributed by atoms with van der Waals surface area (Å²) in [6.07, 6.45) is 4.35. The molecule has 0 aliphatic carbocycles. The van der Waals surface area contributed by atoms with Gasteiger partial charge in [0.25, 0.3) is 0 Å². The van der Waals surface area contributed by atoms with Gasteiger partial charge in [-0.2, -0.15) is 24.3 Å². The van der Waals surface area contributed by atoms with Crippen molar-refractivity contribution in [3.63, 3.8) is 0 Å². The van der Waals surface area contributed by atoms with E-state index in [4.69, 9.17) is 0 Å². The summed E-state index contributed by atoms with van der Waals surface area (Å²) in [5.41, 5.74) is 16.8.